The van der Waals surface area contributed by atoms with Gasteiger partial charge in [0.05, 0.1) is 11.8 Å². The van der Waals surface area contributed by atoms with Gasteiger partial charge in [-0.05, 0) is 38.5 Å². The number of ether oxygens (including phenoxy) is 1. The molecule has 0 aliphatic rings. The molecule has 0 unspecified atom stereocenters. The third-order valence-corrected chi connectivity index (χ3v) is 1.81. The fraction of sp³-hybridized carbons (Fsp3) is 0.417. The lowest BCUT2D eigenvalue weighted by molar-refractivity contribution is -0.114. The van der Waals surface area contributed by atoms with Crippen molar-refractivity contribution < 1.29 is 9.53 Å². The molecule has 0 saturated heterocycles. The molecule has 0 bridgehead atoms. The van der Waals surface area contributed by atoms with Crippen LogP contribution in [0, 0.1) is 6.92 Å². The fourth-order valence-electron chi connectivity index (χ4n) is 1.29. The molecule has 15 heavy (non-hydrogen) atoms. The van der Waals surface area contributed by atoms with Crippen LogP contribution in [0.1, 0.15) is 26.3 Å². The molecule has 1 rings (SSSR count). The minimum atomic E-state index is -0.0887. The van der Waals surface area contributed by atoms with Crippen molar-refractivity contribution in [2.75, 3.05) is 5.32 Å². The lowest BCUT2D eigenvalue weighted by Crippen LogP contribution is -2.11. The summed E-state index contributed by atoms with van der Waals surface area (Å²) < 4.78 is 5.59. The van der Waals surface area contributed by atoms with E-state index < -0.39 is 0 Å². The van der Waals surface area contributed by atoms with Crippen LogP contribution in [0.2, 0.25) is 0 Å². The Hall–Kier alpha value is -1.51. The molecule has 82 valence electrons. The van der Waals surface area contributed by atoms with Gasteiger partial charge in [0.2, 0.25) is 5.91 Å². The smallest absolute Gasteiger partial charge is 0.221 e. The van der Waals surface area contributed by atoms with E-state index in [4.69, 9.17) is 4.74 Å². The van der Waals surface area contributed by atoms with Gasteiger partial charge in [-0.25, -0.2) is 0 Å². The Bertz CT molecular complexity index is 359. The van der Waals surface area contributed by atoms with E-state index in [1.54, 1.807) is 0 Å². The Balaban J connectivity index is 2.97. The summed E-state index contributed by atoms with van der Waals surface area (Å²) in [4.78, 5) is 11.0. The summed E-state index contributed by atoms with van der Waals surface area (Å²) in [6, 6.07) is 5.74. The van der Waals surface area contributed by atoms with Crippen molar-refractivity contribution in [3.8, 4) is 5.75 Å². The van der Waals surface area contributed by atoms with E-state index in [1.807, 2.05) is 39.0 Å². The molecule has 1 aromatic rings. The molecular weight excluding hydrogens is 190 g/mol. The molecule has 0 spiro atoms. The summed E-state index contributed by atoms with van der Waals surface area (Å²) in [5.74, 6) is 0.625. The van der Waals surface area contributed by atoms with Crippen LogP contribution in [-0.2, 0) is 4.79 Å². The Morgan fingerprint density at radius 2 is 2.07 bits per heavy atom. The van der Waals surface area contributed by atoms with Gasteiger partial charge < -0.3 is 10.1 Å². The zero-order valence-corrected chi connectivity index (χ0v) is 9.63. The maximum absolute atomic E-state index is 11.0. The summed E-state index contributed by atoms with van der Waals surface area (Å²) in [7, 11) is 0. The highest BCUT2D eigenvalue weighted by molar-refractivity contribution is 5.90. The summed E-state index contributed by atoms with van der Waals surface area (Å²) in [5, 5.41) is 2.76. The zero-order chi connectivity index (χ0) is 11.4. The molecule has 1 N–H and O–H groups in total. The lowest BCUT2D eigenvalue weighted by Gasteiger charge is -2.14. The van der Waals surface area contributed by atoms with Crippen LogP contribution in [0.25, 0.3) is 0 Å². The van der Waals surface area contributed by atoms with Crippen LogP contribution in [0.3, 0.4) is 0 Å². The normalized spacial score (nSPS) is 10.2. The Labute approximate surface area is 90.4 Å². The average molecular weight is 207 g/mol. The highest BCUT2D eigenvalue weighted by Gasteiger charge is 2.06. The second kappa shape index (κ2) is 4.82. The quantitative estimate of drug-likeness (QED) is 0.827. The van der Waals surface area contributed by atoms with E-state index in [-0.39, 0.29) is 12.0 Å². The number of nitrogens with one attached hydrogen (secondary N) is 1. The van der Waals surface area contributed by atoms with E-state index >= 15 is 0 Å². The average Bonchev–Trinajstić information content (AvgIpc) is 2.08. The monoisotopic (exact) mass is 207 g/mol. The van der Waals surface area contributed by atoms with Gasteiger partial charge in [-0.2, -0.15) is 0 Å². The first-order valence-corrected chi connectivity index (χ1v) is 5.04. The number of hydrogen-bond acceptors (Lipinski definition) is 2. The first-order chi connectivity index (χ1) is 6.99. The molecule has 3 heteroatoms. The van der Waals surface area contributed by atoms with Crippen LogP contribution in [-0.4, -0.2) is 12.0 Å². The van der Waals surface area contributed by atoms with Crippen molar-refractivity contribution in [2.45, 2.75) is 33.8 Å². The molecule has 1 amide bonds. The van der Waals surface area contributed by atoms with Gasteiger partial charge in [0.15, 0.2) is 0 Å². The first-order valence-electron chi connectivity index (χ1n) is 5.04. The molecule has 1 aromatic carbocycles. The minimum absolute atomic E-state index is 0.0887. The molecular formula is C12H17NO2. The van der Waals surface area contributed by atoms with Gasteiger partial charge in [0, 0.05) is 6.92 Å². The molecule has 0 saturated carbocycles. The summed E-state index contributed by atoms with van der Waals surface area (Å²) in [5.41, 5.74) is 1.83. The second-order valence-electron chi connectivity index (χ2n) is 3.85. The van der Waals surface area contributed by atoms with Gasteiger partial charge in [-0.1, -0.05) is 6.07 Å². The summed E-state index contributed by atoms with van der Waals surface area (Å²) >= 11 is 0. The molecule has 0 fully saturated rings. The largest absolute Gasteiger partial charge is 0.489 e. The molecule has 0 radical (unpaired) electrons. The second-order valence-corrected chi connectivity index (χ2v) is 3.85. The van der Waals surface area contributed by atoms with Crippen molar-refractivity contribution in [2.24, 2.45) is 0 Å². The topological polar surface area (TPSA) is 38.3 Å². The number of rotatable bonds is 3. The molecule has 0 atom stereocenters. The highest BCUT2D eigenvalue weighted by atomic mass is 16.5. The summed E-state index contributed by atoms with van der Waals surface area (Å²) in [6.45, 7) is 7.38. The highest BCUT2D eigenvalue weighted by Crippen LogP contribution is 2.26. The number of amides is 1. The Morgan fingerprint density at radius 3 is 2.60 bits per heavy atom. The zero-order valence-electron chi connectivity index (χ0n) is 9.63. The van der Waals surface area contributed by atoms with Gasteiger partial charge in [-0.15, -0.1) is 0 Å². The third-order valence-electron chi connectivity index (χ3n) is 1.81. The third kappa shape index (κ3) is 3.62. The van der Waals surface area contributed by atoms with Gasteiger partial charge in [-0.3, -0.25) is 4.79 Å². The van der Waals surface area contributed by atoms with Crippen molar-refractivity contribution in [1.29, 1.82) is 0 Å². The Morgan fingerprint density at radius 1 is 1.40 bits per heavy atom. The van der Waals surface area contributed by atoms with Crippen LogP contribution >= 0.6 is 0 Å². The SMILES string of the molecule is CC(=O)Nc1cc(C)ccc1OC(C)C. The summed E-state index contributed by atoms with van der Waals surface area (Å²) in [6.07, 6.45) is 0.0974. The van der Waals surface area contributed by atoms with Crippen LogP contribution < -0.4 is 10.1 Å². The number of carbonyl (C=O) groups is 1. The van der Waals surface area contributed by atoms with E-state index in [0.717, 1.165) is 11.3 Å². The van der Waals surface area contributed by atoms with E-state index in [2.05, 4.69) is 5.32 Å². The number of aryl methyl sites for hydroxylation is 1. The lowest BCUT2D eigenvalue weighted by atomic mass is 10.2. The predicted molar refractivity (Wildman–Crippen MR) is 61.2 cm³/mol. The van der Waals surface area contributed by atoms with E-state index in [1.165, 1.54) is 6.92 Å². The minimum Gasteiger partial charge on any atom is -0.489 e. The number of benzene rings is 1. The molecule has 0 aliphatic carbocycles. The van der Waals surface area contributed by atoms with E-state index in [0.29, 0.717) is 5.75 Å². The van der Waals surface area contributed by atoms with Gasteiger partial charge in [0.1, 0.15) is 5.75 Å². The predicted octanol–water partition coefficient (Wildman–Crippen LogP) is 2.74. The Kier molecular flexibility index (Phi) is 3.72. The van der Waals surface area contributed by atoms with Crippen molar-refractivity contribution >= 4 is 11.6 Å². The molecule has 0 aliphatic heterocycles. The molecule has 0 heterocycles. The fourth-order valence-corrected chi connectivity index (χ4v) is 1.29. The van der Waals surface area contributed by atoms with Gasteiger partial charge in [0.25, 0.3) is 0 Å². The first kappa shape index (κ1) is 11.6. The van der Waals surface area contributed by atoms with Crippen LogP contribution in [0.15, 0.2) is 18.2 Å². The number of hydrogen-bond donors (Lipinski definition) is 1. The maximum atomic E-state index is 11.0. The van der Waals surface area contributed by atoms with Crippen molar-refractivity contribution in [3.05, 3.63) is 23.8 Å². The van der Waals surface area contributed by atoms with Crippen molar-refractivity contribution in [3.63, 3.8) is 0 Å². The molecule has 0 aromatic heterocycles. The number of anilines is 1. The molecule has 3 nitrogen and oxygen atoms in total. The standard InChI is InChI=1S/C12H17NO2/c1-8(2)15-12-6-5-9(3)7-11(12)13-10(4)14/h5-8H,1-4H3,(H,13,14). The van der Waals surface area contributed by atoms with Gasteiger partial charge >= 0.3 is 0 Å². The van der Waals surface area contributed by atoms with Crippen molar-refractivity contribution in [1.82, 2.24) is 0 Å². The maximum Gasteiger partial charge on any atom is 0.221 e. The van der Waals surface area contributed by atoms with Crippen LogP contribution in [0.5, 0.6) is 5.75 Å². The van der Waals surface area contributed by atoms with Crippen LogP contribution in [0.4, 0.5) is 5.69 Å². The number of carbonyl (C=O) groups excluding carboxylic acids is 1. The van der Waals surface area contributed by atoms with E-state index in [9.17, 15) is 4.79 Å².